The van der Waals surface area contributed by atoms with E-state index in [1.807, 2.05) is 0 Å². The number of aliphatic hydroxyl groups excluding tert-OH is 2. The van der Waals surface area contributed by atoms with Crippen molar-refractivity contribution in [1.82, 2.24) is 0 Å². The van der Waals surface area contributed by atoms with Gasteiger partial charge < -0.3 is 33.9 Å². The normalized spacial score (nSPS) is 10.4. The van der Waals surface area contributed by atoms with Gasteiger partial charge in [0, 0.05) is 13.7 Å². The van der Waals surface area contributed by atoms with Gasteiger partial charge in [0.15, 0.2) is 0 Å². The third-order valence-electron chi connectivity index (χ3n) is 2.29. The van der Waals surface area contributed by atoms with Gasteiger partial charge in [-0.3, -0.25) is 0 Å². The molecule has 0 aliphatic rings. The molecule has 0 atom stereocenters. The summed E-state index contributed by atoms with van der Waals surface area (Å²) in [6.07, 6.45) is 2.28. The predicted molar refractivity (Wildman–Crippen MR) is 84.2 cm³/mol. The second-order valence-corrected chi connectivity index (χ2v) is 4.24. The van der Waals surface area contributed by atoms with Crippen molar-refractivity contribution >= 4 is 0 Å². The fraction of sp³-hybridized carbons (Fsp3) is 1.00. The van der Waals surface area contributed by atoms with Crippen LogP contribution in [0.5, 0.6) is 0 Å². The van der Waals surface area contributed by atoms with Crippen molar-refractivity contribution in [3.63, 3.8) is 0 Å². The van der Waals surface area contributed by atoms with Crippen LogP contribution in [0.25, 0.3) is 0 Å². The van der Waals surface area contributed by atoms with Crippen molar-refractivity contribution < 1.29 is 33.9 Å². The van der Waals surface area contributed by atoms with Crippen LogP contribution in [0.4, 0.5) is 0 Å². The average Bonchev–Trinajstić information content (AvgIpc) is 2.54. The quantitative estimate of drug-likeness (QED) is 0.399. The third kappa shape index (κ3) is 28.0. The first-order chi connectivity index (χ1) is 10.8. The van der Waals surface area contributed by atoms with Crippen molar-refractivity contribution in [2.24, 2.45) is 0 Å². The standard InChI is InChI=1S/C8H18O3.C7H16O4/c1-2-3-5-10-7-8-11-6-4-9;1-9-4-5-11-7-6-10-3-2-8/h9H,2-8H2,1H3;8H,2-7H2,1H3. The fourth-order valence-corrected chi connectivity index (χ4v) is 1.16. The second-order valence-electron chi connectivity index (χ2n) is 4.24. The molecule has 0 saturated heterocycles. The van der Waals surface area contributed by atoms with Gasteiger partial charge in [-0.1, -0.05) is 13.3 Å². The van der Waals surface area contributed by atoms with Gasteiger partial charge in [0.1, 0.15) is 0 Å². The lowest BCUT2D eigenvalue weighted by molar-refractivity contribution is 0.0159. The first kappa shape index (κ1) is 24.0. The molecule has 0 saturated carbocycles. The van der Waals surface area contributed by atoms with Gasteiger partial charge in [0.05, 0.1) is 66.1 Å². The van der Waals surface area contributed by atoms with Gasteiger partial charge in [0.2, 0.25) is 0 Å². The minimum Gasteiger partial charge on any atom is -0.394 e. The van der Waals surface area contributed by atoms with E-state index in [-0.39, 0.29) is 13.2 Å². The Balaban J connectivity index is 0. The molecule has 0 aromatic heterocycles. The van der Waals surface area contributed by atoms with Crippen molar-refractivity contribution in [3.8, 4) is 0 Å². The molecule has 7 nitrogen and oxygen atoms in total. The van der Waals surface area contributed by atoms with E-state index in [1.54, 1.807) is 7.11 Å². The molecule has 0 bridgehead atoms. The van der Waals surface area contributed by atoms with Gasteiger partial charge in [0.25, 0.3) is 0 Å². The Morgan fingerprint density at radius 3 is 1.41 bits per heavy atom. The molecule has 2 N–H and O–H groups in total. The van der Waals surface area contributed by atoms with Gasteiger partial charge in [-0.2, -0.15) is 0 Å². The Kier molecular flexibility index (Phi) is 28.0. The van der Waals surface area contributed by atoms with E-state index in [9.17, 15) is 0 Å². The van der Waals surface area contributed by atoms with Crippen LogP contribution in [-0.4, -0.2) is 90.0 Å². The Morgan fingerprint density at radius 1 is 0.591 bits per heavy atom. The van der Waals surface area contributed by atoms with Crippen LogP contribution in [-0.2, 0) is 23.7 Å². The van der Waals surface area contributed by atoms with E-state index < -0.39 is 0 Å². The van der Waals surface area contributed by atoms with Gasteiger partial charge >= 0.3 is 0 Å². The molecule has 22 heavy (non-hydrogen) atoms. The maximum atomic E-state index is 8.34. The minimum absolute atomic E-state index is 0.0675. The molecule has 7 heteroatoms. The lowest BCUT2D eigenvalue weighted by Gasteiger charge is -2.03. The highest BCUT2D eigenvalue weighted by Crippen LogP contribution is 1.87. The van der Waals surface area contributed by atoms with Crippen molar-refractivity contribution in [1.29, 1.82) is 0 Å². The van der Waals surface area contributed by atoms with E-state index in [1.165, 1.54) is 0 Å². The largest absolute Gasteiger partial charge is 0.394 e. The van der Waals surface area contributed by atoms with Crippen molar-refractivity contribution in [2.45, 2.75) is 19.8 Å². The molecule has 0 amide bonds. The zero-order chi connectivity index (χ0) is 16.7. The van der Waals surface area contributed by atoms with E-state index in [0.29, 0.717) is 52.9 Å². The molecular formula is C15H34O7. The van der Waals surface area contributed by atoms with Crippen LogP contribution in [0.2, 0.25) is 0 Å². The van der Waals surface area contributed by atoms with Gasteiger partial charge in [-0.25, -0.2) is 0 Å². The monoisotopic (exact) mass is 326 g/mol. The summed E-state index contributed by atoms with van der Waals surface area (Å²) in [5, 5.41) is 16.7. The van der Waals surface area contributed by atoms with E-state index >= 15 is 0 Å². The summed E-state index contributed by atoms with van der Waals surface area (Å²) in [6.45, 7) is 7.43. The molecular weight excluding hydrogens is 292 g/mol. The Hall–Kier alpha value is -0.280. The van der Waals surface area contributed by atoms with Crippen LogP contribution >= 0.6 is 0 Å². The highest BCUT2D eigenvalue weighted by Gasteiger charge is 1.88. The van der Waals surface area contributed by atoms with Gasteiger partial charge in [-0.05, 0) is 6.42 Å². The summed E-state index contributed by atoms with van der Waals surface area (Å²) < 4.78 is 25.0. The molecule has 0 aliphatic carbocycles. The van der Waals surface area contributed by atoms with Crippen LogP contribution in [0.3, 0.4) is 0 Å². The van der Waals surface area contributed by atoms with Crippen molar-refractivity contribution in [2.75, 3.05) is 79.8 Å². The summed E-state index contributed by atoms with van der Waals surface area (Å²) in [5.41, 5.74) is 0. The predicted octanol–water partition coefficient (Wildman–Crippen LogP) is 0.470. The third-order valence-corrected chi connectivity index (χ3v) is 2.29. The zero-order valence-corrected chi connectivity index (χ0v) is 14.1. The van der Waals surface area contributed by atoms with Crippen LogP contribution in [0.1, 0.15) is 19.8 Å². The highest BCUT2D eigenvalue weighted by atomic mass is 16.5. The van der Waals surface area contributed by atoms with E-state index in [2.05, 4.69) is 6.92 Å². The molecule has 0 rings (SSSR count). The molecule has 0 aromatic carbocycles. The van der Waals surface area contributed by atoms with Crippen molar-refractivity contribution in [3.05, 3.63) is 0 Å². The van der Waals surface area contributed by atoms with Crippen LogP contribution in [0.15, 0.2) is 0 Å². The smallest absolute Gasteiger partial charge is 0.0701 e. The maximum absolute atomic E-state index is 8.34. The first-order valence-electron chi connectivity index (χ1n) is 7.85. The lowest BCUT2D eigenvalue weighted by Crippen LogP contribution is -2.09. The summed E-state index contributed by atoms with van der Waals surface area (Å²) in [5.74, 6) is 0. The number of methoxy groups -OCH3 is 1. The lowest BCUT2D eigenvalue weighted by atomic mass is 10.4. The molecule has 0 aliphatic heterocycles. The summed E-state index contributed by atoms with van der Waals surface area (Å²) in [6, 6.07) is 0. The maximum Gasteiger partial charge on any atom is 0.0701 e. The topological polar surface area (TPSA) is 86.6 Å². The van der Waals surface area contributed by atoms with Crippen LogP contribution < -0.4 is 0 Å². The Labute approximate surface area is 134 Å². The number of hydrogen-bond donors (Lipinski definition) is 2. The summed E-state index contributed by atoms with van der Waals surface area (Å²) in [4.78, 5) is 0. The number of unbranched alkanes of at least 4 members (excludes halogenated alkanes) is 1. The Morgan fingerprint density at radius 2 is 1.00 bits per heavy atom. The molecule has 0 aromatic rings. The number of rotatable bonds is 16. The number of aliphatic hydroxyl groups is 2. The fourth-order valence-electron chi connectivity index (χ4n) is 1.16. The molecule has 0 fully saturated rings. The van der Waals surface area contributed by atoms with Gasteiger partial charge in [-0.15, -0.1) is 0 Å². The second kappa shape index (κ2) is 25.7. The van der Waals surface area contributed by atoms with E-state index in [4.69, 9.17) is 33.9 Å². The Bertz CT molecular complexity index is 136. The number of hydrogen-bond acceptors (Lipinski definition) is 7. The average molecular weight is 326 g/mol. The molecule has 0 spiro atoms. The summed E-state index contributed by atoms with van der Waals surface area (Å²) in [7, 11) is 1.63. The van der Waals surface area contributed by atoms with E-state index in [0.717, 1.165) is 19.4 Å². The zero-order valence-electron chi connectivity index (χ0n) is 14.1. The molecule has 0 radical (unpaired) electrons. The molecule has 0 unspecified atom stereocenters. The number of ether oxygens (including phenoxy) is 5. The molecule has 136 valence electrons. The van der Waals surface area contributed by atoms with Crippen LogP contribution in [0, 0.1) is 0 Å². The minimum atomic E-state index is 0.0675. The summed E-state index contributed by atoms with van der Waals surface area (Å²) >= 11 is 0. The SMILES string of the molecule is CCCCOCCOCCO.COCCOCCOCCO. The highest BCUT2D eigenvalue weighted by molar-refractivity contribution is 4.33. The molecule has 0 heterocycles. The first-order valence-corrected chi connectivity index (χ1v) is 7.85.